The number of Topliss-reactive ketones (excluding diaryl/α,β-unsaturated/α-hetero) is 1. The van der Waals surface area contributed by atoms with Crippen molar-refractivity contribution in [3.8, 4) is 0 Å². The summed E-state index contributed by atoms with van der Waals surface area (Å²) in [4.78, 5) is 23.4. The van der Waals surface area contributed by atoms with Gasteiger partial charge in [-0.05, 0) is 154 Å². The second-order valence-electron chi connectivity index (χ2n) is 16.2. The second-order valence-corrected chi connectivity index (χ2v) is 18.6. The highest BCUT2D eigenvalue weighted by Crippen LogP contribution is 2.35. The first-order valence-corrected chi connectivity index (χ1v) is 23.7. The maximum atomic E-state index is 10.5. The van der Waals surface area contributed by atoms with Gasteiger partial charge >= 0.3 is 0 Å². The molecule has 3 saturated carbocycles. The van der Waals surface area contributed by atoms with Gasteiger partial charge in [-0.1, -0.05) is 12.1 Å². The van der Waals surface area contributed by atoms with E-state index >= 15 is 0 Å². The van der Waals surface area contributed by atoms with Crippen LogP contribution in [0.5, 0.6) is 0 Å². The number of halogens is 3. The number of ketones is 1. The van der Waals surface area contributed by atoms with Crippen LogP contribution < -0.4 is 15.9 Å². The lowest BCUT2D eigenvalue weighted by Gasteiger charge is -2.33. The van der Waals surface area contributed by atoms with Crippen molar-refractivity contribution in [2.45, 2.75) is 127 Å². The Labute approximate surface area is 389 Å². The molecule has 4 aromatic heterocycles. The average molecular weight is 1050 g/mol. The predicted molar refractivity (Wildman–Crippen MR) is 252 cm³/mol. The van der Waals surface area contributed by atoms with Crippen LogP contribution in [0.2, 0.25) is 0 Å². The molecule has 4 fully saturated rings. The minimum Gasteiger partial charge on any atom is -0.393 e. The molecule has 0 aromatic carbocycles. The molecule has 4 aromatic rings. The van der Waals surface area contributed by atoms with Gasteiger partial charge in [-0.15, -0.1) is 0 Å². The van der Waals surface area contributed by atoms with Gasteiger partial charge in [-0.25, -0.2) is 20.8 Å². The van der Waals surface area contributed by atoms with E-state index < -0.39 is 0 Å². The number of hydrazine groups is 1. The third-order valence-corrected chi connectivity index (χ3v) is 12.7. The molecule has 340 valence electrons. The molecular weight excluding hydrogens is 992 g/mol. The summed E-state index contributed by atoms with van der Waals surface area (Å²) < 4.78 is 15.6. The number of aromatic nitrogens is 4. The summed E-state index contributed by atoms with van der Waals surface area (Å²) in [7, 11) is 5.69. The molecule has 1 aliphatic heterocycles. The number of carbonyl (C=O) groups excluding carboxylic acids is 1. The fourth-order valence-electron chi connectivity index (χ4n) is 7.81. The summed E-state index contributed by atoms with van der Waals surface area (Å²) in [5.41, 5.74) is 4.75. The number of nitrogens with two attached hydrogens (primary N) is 1. The van der Waals surface area contributed by atoms with E-state index in [0.29, 0.717) is 31.5 Å². The molecule has 4 aliphatic carbocycles. The van der Waals surface area contributed by atoms with Gasteiger partial charge in [0.2, 0.25) is 0 Å². The molecule has 9 rings (SSSR count). The summed E-state index contributed by atoms with van der Waals surface area (Å²) in [5.74, 6) is 6.99. The third kappa shape index (κ3) is 15.4. The molecule has 1 spiro atoms. The Bertz CT molecular complexity index is 2050. The maximum Gasteiger partial charge on any atom is 0.168 e. The number of carbonyl (C=O) groups is 1. The number of anilines is 2. The second kappa shape index (κ2) is 24.4. The zero-order chi connectivity index (χ0) is 44.8. The Morgan fingerprint density at radius 2 is 1.23 bits per heavy atom. The number of ether oxygens (including phenoxy) is 2. The van der Waals surface area contributed by atoms with Gasteiger partial charge in [-0.2, -0.15) is 5.10 Å². The number of aliphatic hydroxyl groups is 4. The summed E-state index contributed by atoms with van der Waals surface area (Å²) in [6.45, 7) is 1.44. The number of hydrogen-bond donors (Lipinski definition) is 5. The van der Waals surface area contributed by atoms with Crippen LogP contribution in [-0.4, -0.2) is 109 Å². The van der Waals surface area contributed by atoms with E-state index in [0.717, 1.165) is 121 Å². The van der Waals surface area contributed by atoms with E-state index in [2.05, 4.69) is 85.5 Å². The van der Waals surface area contributed by atoms with Crippen molar-refractivity contribution in [1.82, 2.24) is 19.5 Å². The Balaban J connectivity index is 0.000000150. The molecule has 5 aliphatic rings. The molecule has 1 atom stereocenters. The van der Waals surface area contributed by atoms with E-state index in [4.69, 9.17) is 20.4 Å². The van der Waals surface area contributed by atoms with Crippen molar-refractivity contribution in [1.29, 1.82) is 0 Å². The molecule has 6 N–H and O–H groups in total. The fourth-order valence-corrected chi connectivity index (χ4v) is 8.78. The Morgan fingerprint density at radius 3 is 1.77 bits per heavy atom. The van der Waals surface area contributed by atoms with Crippen LogP contribution in [-0.2, 0) is 34.2 Å². The quantitative estimate of drug-likeness (QED) is 0.0793. The lowest BCUT2D eigenvalue weighted by atomic mass is 9.92. The molecule has 0 bridgehead atoms. The molecule has 1 unspecified atom stereocenters. The minimum absolute atomic E-state index is 0.131. The number of aliphatic hydroxyl groups excluding tert-OH is 4. The van der Waals surface area contributed by atoms with Gasteiger partial charge in [0, 0.05) is 70.0 Å². The van der Waals surface area contributed by atoms with Crippen molar-refractivity contribution < 1.29 is 34.7 Å². The Hall–Kier alpha value is -2.91. The average Bonchev–Trinajstić information content (AvgIpc) is 3.83. The molecule has 0 amide bonds. The van der Waals surface area contributed by atoms with E-state index in [1.807, 2.05) is 49.5 Å². The Kier molecular flexibility index (Phi) is 19.7. The van der Waals surface area contributed by atoms with E-state index in [1.54, 1.807) is 12.1 Å². The molecule has 5 heterocycles. The molecular formula is C44H61Br3N8O7. The summed E-state index contributed by atoms with van der Waals surface area (Å²) >= 11 is 9.98. The highest BCUT2D eigenvalue weighted by molar-refractivity contribution is 9.11. The smallest absolute Gasteiger partial charge is 0.168 e. The zero-order valence-electron chi connectivity index (χ0n) is 35.8. The summed E-state index contributed by atoms with van der Waals surface area (Å²) in [6.07, 6.45) is 11.2. The Morgan fingerprint density at radius 1 is 0.710 bits per heavy atom. The number of hydrogen-bond acceptors (Lipinski definition) is 14. The number of aryl methyl sites for hydroxylation is 1. The molecule has 15 nitrogen and oxygen atoms in total. The number of rotatable bonds is 3. The van der Waals surface area contributed by atoms with Crippen LogP contribution in [0, 0.1) is 0 Å². The first-order valence-electron chi connectivity index (χ1n) is 21.3. The van der Waals surface area contributed by atoms with Gasteiger partial charge in [0.15, 0.2) is 5.79 Å². The lowest BCUT2D eigenvalue weighted by molar-refractivity contribution is -0.187. The fraction of sp³-hybridized carbons (Fsp3) is 0.568. The molecule has 18 heteroatoms. The van der Waals surface area contributed by atoms with E-state index in [1.165, 1.54) is 21.7 Å². The third-order valence-electron chi connectivity index (χ3n) is 11.4. The van der Waals surface area contributed by atoms with Crippen LogP contribution in [0.3, 0.4) is 0 Å². The number of hydrazone groups is 1. The zero-order valence-corrected chi connectivity index (χ0v) is 40.6. The standard InChI is InChI=1S/C12H16BrN3O.C12H13BrN2O.C8H14O3.C6H8BrN3.C6H10O2/c1-16(12-4-2-3-11(13)14-12)15-9-5-7-10(17)8-6-9;1-15-10-4-2-7(16)6-9(10)8-3-5-11(13)14-12(8)15;9-7-1-3-8(4-2-7)10-5-6-11-8;1-10(8)6-4-2-3-5(7)9-6;7-5-1-2-6(8)4-3-5/h2-4,10,17H,5-8H2,1H3;3,5,7,16H,2,4,6H2,1H3;7,9H,1-6H2;2-4H,8H2,1H3;5,7H,1-4H2. The van der Waals surface area contributed by atoms with Crippen molar-refractivity contribution in [3.05, 3.63) is 73.6 Å². The molecule has 1 saturated heterocycles. The van der Waals surface area contributed by atoms with Gasteiger partial charge in [0.25, 0.3) is 0 Å². The van der Waals surface area contributed by atoms with E-state index in [9.17, 15) is 20.1 Å². The topological polar surface area (TPSA) is 205 Å². The van der Waals surface area contributed by atoms with Crippen molar-refractivity contribution in [2.75, 3.05) is 37.3 Å². The lowest BCUT2D eigenvalue weighted by Crippen LogP contribution is -2.36. The van der Waals surface area contributed by atoms with E-state index in [-0.39, 0.29) is 30.2 Å². The van der Waals surface area contributed by atoms with Crippen molar-refractivity contribution in [2.24, 2.45) is 18.0 Å². The van der Waals surface area contributed by atoms with Crippen LogP contribution in [0.25, 0.3) is 11.0 Å². The maximum absolute atomic E-state index is 10.5. The largest absolute Gasteiger partial charge is 0.393 e. The highest BCUT2D eigenvalue weighted by atomic mass is 79.9. The van der Waals surface area contributed by atoms with Crippen LogP contribution >= 0.6 is 47.8 Å². The van der Waals surface area contributed by atoms with Gasteiger partial charge < -0.3 is 34.5 Å². The van der Waals surface area contributed by atoms with Crippen molar-refractivity contribution >= 4 is 82.0 Å². The summed E-state index contributed by atoms with van der Waals surface area (Å²) in [6, 6.07) is 15.4. The van der Waals surface area contributed by atoms with Crippen LogP contribution in [0.4, 0.5) is 11.6 Å². The normalized spacial score (nSPS) is 20.9. The van der Waals surface area contributed by atoms with Gasteiger partial charge in [-0.3, -0.25) is 14.8 Å². The van der Waals surface area contributed by atoms with Crippen molar-refractivity contribution in [3.63, 3.8) is 0 Å². The van der Waals surface area contributed by atoms with Gasteiger partial charge in [0.05, 0.1) is 37.6 Å². The number of fused-ring (bicyclic) bond motifs is 3. The van der Waals surface area contributed by atoms with Crippen LogP contribution in [0.1, 0.15) is 94.7 Å². The monoisotopic (exact) mass is 1050 g/mol. The predicted octanol–water partition coefficient (Wildman–Crippen LogP) is 7.07. The molecule has 62 heavy (non-hydrogen) atoms. The minimum atomic E-state index is -0.306. The highest BCUT2D eigenvalue weighted by Gasteiger charge is 2.39. The summed E-state index contributed by atoms with van der Waals surface area (Å²) in [5, 5.41) is 46.3. The SMILES string of the molecule is CN(N)c1cccc(Br)n1.CN(N=C1CCC(O)CC1)c1cccc(Br)n1.Cn1c2c(c3ccc(Br)nc31)CC(O)CC2.O=C1CCC(O)CC1.OC1CCC2(CC1)OCCO2. The van der Waals surface area contributed by atoms with Gasteiger partial charge in [0.1, 0.15) is 36.9 Å². The van der Waals surface area contributed by atoms with Crippen LogP contribution in [0.15, 0.2) is 67.4 Å². The number of pyridine rings is 3. The first-order chi connectivity index (χ1) is 29.6. The first kappa shape index (κ1) is 50.1. The molecule has 0 radical (unpaired) electrons. The number of nitrogens with zero attached hydrogens (tertiary/aromatic N) is 7.